The summed E-state index contributed by atoms with van der Waals surface area (Å²) in [5.41, 5.74) is 0. The van der Waals surface area contributed by atoms with Gasteiger partial charge in [0.1, 0.15) is 13.2 Å². The zero-order valence-corrected chi connectivity index (χ0v) is 37.6. The van der Waals surface area contributed by atoms with E-state index in [-0.39, 0.29) is 31.1 Å². The van der Waals surface area contributed by atoms with Crippen LogP contribution in [0.5, 0.6) is 0 Å². The van der Waals surface area contributed by atoms with Crippen LogP contribution in [0.1, 0.15) is 266 Å². The van der Waals surface area contributed by atoms with Crippen LogP contribution in [-0.4, -0.2) is 37.2 Å². The first-order valence-electron chi connectivity index (χ1n) is 24.3. The van der Waals surface area contributed by atoms with Crippen molar-refractivity contribution in [1.82, 2.24) is 0 Å². The highest BCUT2D eigenvalue weighted by Gasteiger charge is 2.19. The van der Waals surface area contributed by atoms with Crippen LogP contribution in [0, 0.1) is 11.8 Å². The van der Waals surface area contributed by atoms with E-state index in [0.717, 1.165) is 76.0 Å². The molecule has 0 aromatic carbocycles. The van der Waals surface area contributed by atoms with Crippen molar-refractivity contribution in [2.24, 2.45) is 11.8 Å². The summed E-state index contributed by atoms with van der Waals surface area (Å²) in [6, 6.07) is 0. The molecule has 0 aliphatic heterocycles. The van der Waals surface area contributed by atoms with E-state index < -0.39 is 6.10 Å². The first kappa shape index (κ1) is 53.4. The lowest BCUT2D eigenvalue weighted by Crippen LogP contribution is -2.30. The Labute approximate surface area is 342 Å². The maximum atomic E-state index is 12.5. The second-order valence-electron chi connectivity index (χ2n) is 17.5. The molecule has 0 aliphatic rings. The summed E-state index contributed by atoms with van der Waals surface area (Å²) in [5.74, 6) is 0.855. The van der Waals surface area contributed by atoms with Crippen LogP contribution in [-0.2, 0) is 28.6 Å². The molecule has 0 saturated carbocycles. The Hall–Kier alpha value is -1.59. The summed E-state index contributed by atoms with van der Waals surface area (Å²) in [6.07, 6.45) is 41.2. The molecule has 6 heteroatoms. The van der Waals surface area contributed by atoms with Crippen LogP contribution in [0.3, 0.4) is 0 Å². The van der Waals surface area contributed by atoms with Crippen molar-refractivity contribution in [2.45, 2.75) is 272 Å². The van der Waals surface area contributed by atoms with Gasteiger partial charge in [-0.15, -0.1) is 0 Å². The van der Waals surface area contributed by atoms with Gasteiger partial charge in [-0.2, -0.15) is 0 Å². The zero-order valence-electron chi connectivity index (χ0n) is 37.6. The standard InChI is InChI=1S/C49H94O6/c1-6-8-9-27-36-41-49(52)55-46(43-54-48(51)40-35-31-26-22-18-14-15-19-23-28-32-37-44(3)4)42-53-47(50)39-34-30-25-21-17-13-11-10-12-16-20-24-29-33-38-45(5)7-2/h44-46H,6-43H2,1-5H3/t45?,46-/m0/s1. The third-order valence-electron chi connectivity index (χ3n) is 11.3. The summed E-state index contributed by atoms with van der Waals surface area (Å²) < 4.78 is 16.6. The van der Waals surface area contributed by atoms with Gasteiger partial charge >= 0.3 is 17.9 Å². The Bertz CT molecular complexity index is 841. The molecule has 326 valence electrons. The van der Waals surface area contributed by atoms with Crippen LogP contribution < -0.4 is 0 Å². The van der Waals surface area contributed by atoms with E-state index in [9.17, 15) is 14.4 Å². The number of hydrogen-bond donors (Lipinski definition) is 0. The molecule has 0 saturated heterocycles. The summed E-state index contributed by atoms with van der Waals surface area (Å²) in [7, 11) is 0. The van der Waals surface area contributed by atoms with E-state index in [1.807, 2.05) is 0 Å². The Morgan fingerprint density at radius 1 is 0.382 bits per heavy atom. The number of esters is 3. The number of carbonyl (C=O) groups excluding carboxylic acids is 3. The summed E-state index contributed by atoms with van der Waals surface area (Å²) in [4.78, 5) is 37.5. The molecule has 0 bridgehead atoms. The van der Waals surface area contributed by atoms with Gasteiger partial charge in [0.15, 0.2) is 6.10 Å². The molecule has 0 fully saturated rings. The van der Waals surface area contributed by atoms with Crippen molar-refractivity contribution in [3.63, 3.8) is 0 Å². The number of rotatable bonds is 43. The SMILES string of the molecule is CCCCCCCC(=O)O[C@@H](COC(=O)CCCCCCCCCCCCCCCCC(C)CC)COC(=O)CCCCCCCCCCCCCC(C)C. The second kappa shape index (κ2) is 42.0. The third kappa shape index (κ3) is 41.9. The molecule has 0 rings (SSSR count). The summed E-state index contributed by atoms with van der Waals surface area (Å²) >= 11 is 0. The van der Waals surface area contributed by atoms with Gasteiger partial charge in [-0.1, -0.05) is 227 Å². The predicted molar refractivity (Wildman–Crippen MR) is 233 cm³/mol. The fourth-order valence-electron chi connectivity index (χ4n) is 7.25. The average molecular weight is 779 g/mol. The van der Waals surface area contributed by atoms with Gasteiger partial charge < -0.3 is 14.2 Å². The van der Waals surface area contributed by atoms with Gasteiger partial charge in [-0.25, -0.2) is 0 Å². The maximum absolute atomic E-state index is 12.5. The zero-order chi connectivity index (χ0) is 40.5. The molecule has 2 atom stereocenters. The van der Waals surface area contributed by atoms with E-state index >= 15 is 0 Å². The lowest BCUT2D eigenvalue weighted by Gasteiger charge is -2.18. The summed E-state index contributed by atoms with van der Waals surface area (Å²) in [6.45, 7) is 11.3. The maximum Gasteiger partial charge on any atom is 0.306 e. The molecule has 1 unspecified atom stereocenters. The van der Waals surface area contributed by atoms with Crippen molar-refractivity contribution in [3.8, 4) is 0 Å². The van der Waals surface area contributed by atoms with Crippen LogP contribution in [0.25, 0.3) is 0 Å². The van der Waals surface area contributed by atoms with E-state index in [1.165, 1.54) is 148 Å². The largest absolute Gasteiger partial charge is 0.462 e. The minimum atomic E-state index is -0.759. The molecular weight excluding hydrogens is 685 g/mol. The monoisotopic (exact) mass is 779 g/mol. The molecule has 0 aromatic heterocycles. The smallest absolute Gasteiger partial charge is 0.306 e. The molecule has 0 radical (unpaired) electrons. The molecule has 6 nitrogen and oxygen atoms in total. The topological polar surface area (TPSA) is 78.9 Å². The van der Waals surface area contributed by atoms with Gasteiger partial charge in [-0.3, -0.25) is 14.4 Å². The van der Waals surface area contributed by atoms with Gasteiger partial charge in [0.05, 0.1) is 0 Å². The van der Waals surface area contributed by atoms with Crippen molar-refractivity contribution in [3.05, 3.63) is 0 Å². The first-order valence-corrected chi connectivity index (χ1v) is 24.3. The van der Waals surface area contributed by atoms with Crippen LogP contribution in [0.2, 0.25) is 0 Å². The molecule has 0 heterocycles. The van der Waals surface area contributed by atoms with Gasteiger partial charge in [0.2, 0.25) is 0 Å². The van der Waals surface area contributed by atoms with E-state index in [2.05, 4.69) is 34.6 Å². The molecule has 0 amide bonds. The molecule has 55 heavy (non-hydrogen) atoms. The van der Waals surface area contributed by atoms with E-state index in [0.29, 0.717) is 19.3 Å². The Morgan fingerprint density at radius 3 is 1.04 bits per heavy atom. The number of hydrogen-bond acceptors (Lipinski definition) is 6. The highest BCUT2D eigenvalue weighted by molar-refractivity contribution is 5.71. The number of unbranched alkanes of at least 4 members (excludes halogenated alkanes) is 27. The van der Waals surface area contributed by atoms with Crippen LogP contribution >= 0.6 is 0 Å². The molecule has 0 aliphatic carbocycles. The van der Waals surface area contributed by atoms with E-state index in [4.69, 9.17) is 14.2 Å². The molecule has 0 aromatic rings. The minimum absolute atomic E-state index is 0.0656. The lowest BCUT2D eigenvalue weighted by molar-refractivity contribution is -0.167. The second-order valence-corrected chi connectivity index (χ2v) is 17.5. The normalized spacial score (nSPS) is 12.5. The first-order chi connectivity index (χ1) is 26.8. The van der Waals surface area contributed by atoms with Crippen molar-refractivity contribution >= 4 is 17.9 Å². The fourth-order valence-corrected chi connectivity index (χ4v) is 7.25. The quantitative estimate of drug-likeness (QED) is 0.0348. The van der Waals surface area contributed by atoms with Gasteiger partial charge in [-0.05, 0) is 31.1 Å². The predicted octanol–water partition coefficient (Wildman–Crippen LogP) is 15.4. The number of ether oxygens (including phenoxy) is 3. The molecule has 0 spiro atoms. The van der Waals surface area contributed by atoms with Crippen LogP contribution in [0.4, 0.5) is 0 Å². The average Bonchev–Trinajstić information content (AvgIpc) is 3.17. The Morgan fingerprint density at radius 2 is 0.691 bits per heavy atom. The molecule has 0 N–H and O–H groups in total. The Kier molecular flexibility index (Phi) is 40.8. The summed E-state index contributed by atoms with van der Waals surface area (Å²) in [5, 5.41) is 0. The van der Waals surface area contributed by atoms with Crippen molar-refractivity contribution in [2.75, 3.05) is 13.2 Å². The highest BCUT2D eigenvalue weighted by Crippen LogP contribution is 2.17. The minimum Gasteiger partial charge on any atom is -0.462 e. The van der Waals surface area contributed by atoms with Crippen LogP contribution in [0.15, 0.2) is 0 Å². The fraction of sp³-hybridized carbons (Fsp3) is 0.939. The lowest BCUT2D eigenvalue weighted by atomic mass is 9.99. The highest BCUT2D eigenvalue weighted by atomic mass is 16.6. The Balaban J connectivity index is 4.09. The van der Waals surface area contributed by atoms with E-state index in [1.54, 1.807) is 0 Å². The van der Waals surface area contributed by atoms with Gasteiger partial charge in [0.25, 0.3) is 0 Å². The van der Waals surface area contributed by atoms with Gasteiger partial charge in [0, 0.05) is 19.3 Å². The molecular formula is C49H94O6. The van der Waals surface area contributed by atoms with Crippen molar-refractivity contribution < 1.29 is 28.6 Å². The third-order valence-corrected chi connectivity index (χ3v) is 11.3. The van der Waals surface area contributed by atoms with Crippen molar-refractivity contribution in [1.29, 1.82) is 0 Å². The number of carbonyl (C=O) groups is 3.